The van der Waals surface area contributed by atoms with Crippen molar-refractivity contribution in [1.82, 2.24) is 0 Å². The molecule has 6 heteroatoms. The van der Waals surface area contributed by atoms with Crippen molar-refractivity contribution in [3.8, 4) is 0 Å². The van der Waals surface area contributed by atoms with Crippen molar-refractivity contribution in [3.05, 3.63) is 5.53 Å². The molecule has 0 aromatic rings. The summed E-state index contributed by atoms with van der Waals surface area (Å²) >= 11 is 1.98. The van der Waals surface area contributed by atoms with E-state index < -0.39 is 14.3 Å². The van der Waals surface area contributed by atoms with Gasteiger partial charge in [0.15, 0.2) is 0 Å². The maximum atomic E-state index is 11.1. The van der Waals surface area contributed by atoms with Gasteiger partial charge in [-0.3, -0.25) is 9.59 Å². The van der Waals surface area contributed by atoms with E-state index in [4.69, 9.17) is 5.53 Å². The van der Waals surface area contributed by atoms with Crippen LogP contribution in [-0.4, -0.2) is 24.8 Å². The molecule has 1 heterocycles. The average molecular weight is 202 g/mol. The number of hydrogen-bond acceptors (Lipinski definition) is 4. The fraction of sp³-hybridized carbons (Fsp3) is 0.500. The van der Waals surface area contributed by atoms with E-state index in [-0.39, 0.29) is 5.71 Å². The number of rotatable bonds is 0. The highest BCUT2D eigenvalue weighted by atomic mass is 32.2. The normalized spacial score (nSPS) is 22.3. The standard InChI is InChI=1S/C6H6N2O2S2/c1-6(2)11-4(9)3(8-7)5(10)12-6/h1-2H3. The minimum atomic E-state index is -0.466. The van der Waals surface area contributed by atoms with Crippen molar-refractivity contribution in [2.24, 2.45) is 0 Å². The van der Waals surface area contributed by atoms with Crippen LogP contribution in [0, 0.1) is 0 Å². The molecule has 1 fully saturated rings. The predicted molar refractivity (Wildman–Crippen MR) is 47.9 cm³/mol. The van der Waals surface area contributed by atoms with Gasteiger partial charge in [0.05, 0.1) is 4.08 Å². The molecule has 0 N–H and O–H groups in total. The zero-order valence-corrected chi connectivity index (χ0v) is 8.16. The third kappa shape index (κ3) is 1.77. The molecule has 1 rings (SSSR count). The molecule has 0 unspecified atom stereocenters. The lowest BCUT2D eigenvalue weighted by molar-refractivity contribution is -0.116. The van der Waals surface area contributed by atoms with Crippen LogP contribution in [-0.2, 0) is 9.59 Å². The number of carbonyl (C=O) groups excluding carboxylic acids is 2. The molecule has 0 aliphatic carbocycles. The lowest BCUT2D eigenvalue weighted by atomic mass is 10.4. The van der Waals surface area contributed by atoms with Gasteiger partial charge in [0.2, 0.25) is 0 Å². The highest BCUT2D eigenvalue weighted by molar-refractivity contribution is 8.35. The molecule has 1 saturated heterocycles. The van der Waals surface area contributed by atoms with E-state index in [9.17, 15) is 9.59 Å². The highest BCUT2D eigenvalue weighted by Crippen LogP contribution is 2.41. The Balaban J connectivity index is 3.00. The third-order valence-corrected chi connectivity index (χ3v) is 3.40. The summed E-state index contributed by atoms with van der Waals surface area (Å²) in [5.74, 6) is 0. The lowest BCUT2D eigenvalue weighted by Crippen LogP contribution is -2.33. The first-order valence-electron chi connectivity index (χ1n) is 3.15. The summed E-state index contributed by atoms with van der Waals surface area (Å²) in [7, 11) is 0. The van der Waals surface area contributed by atoms with E-state index in [1.165, 1.54) is 0 Å². The van der Waals surface area contributed by atoms with E-state index in [1.807, 2.05) is 0 Å². The molecular weight excluding hydrogens is 196 g/mol. The van der Waals surface area contributed by atoms with Crippen LogP contribution in [0.4, 0.5) is 0 Å². The molecule has 0 atom stereocenters. The van der Waals surface area contributed by atoms with Crippen LogP contribution in [0.15, 0.2) is 0 Å². The van der Waals surface area contributed by atoms with Gasteiger partial charge in [0, 0.05) is 0 Å². The zero-order chi connectivity index (χ0) is 9.35. The smallest absolute Gasteiger partial charge is 0.360 e. The molecule has 64 valence electrons. The van der Waals surface area contributed by atoms with Gasteiger partial charge in [-0.15, -0.1) is 0 Å². The van der Waals surface area contributed by atoms with Crippen LogP contribution in [0.3, 0.4) is 0 Å². The summed E-state index contributed by atoms with van der Waals surface area (Å²) < 4.78 is -0.456. The molecule has 0 spiro atoms. The molecule has 0 aromatic heterocycles. The van der Waals surface area contributed by atoms with Gasteiger partial charge in [0.1, 0.15) is 0 Å². The monoisotopic (exact) mass is 202 g/mol. The molecule has 4 nitrogen and oxygen atoms in total. The first kappa shape index (κ1) is 9.51. The van der Waals surface area contributed by atoms with Gasteiger partial charge in [-0.05, 0) is 13.8 Å². The average Bonchev–Trinajstić information content (AvgIpc) is 1.82. The SMILES string of the molecule is CC1(C)SC(=O)C(=[N+]=[N-])C(=O)S1. The quantitative estimate of drug-likeness (QED) is 0.432. The fourth-order valence-corrected chi connectivity index (χ4v) is 2.77. The molecule has 0 aromatic carbocycles. The maximum absolute atomic E-state index is 11.1. The van der Waals surface area contributed by atoms with Crippen molar-refractivity contribution >= 4 is 39.5 Å². The molecule has 12 heavy (non-hydrogen) atoms. The Labute approximate surface area is 77.7 Å². The van der Waals surface area contributed by atoms with Gasteiger partial charge >= 0.3 is 15.9 Å². The Morgan fingerprint density at radius 2 is 1.67 bits per heavy atom. The van der Waals surface area contributed by atoms with Crippen molar-refractivity contribution in [1.29, 1.82) is 0 Å². The van der Waals surface area contributed by atoms with Crippen LogP contribution < -0.4 is 0 Å². The number of hydrogen-bond donors (Lipinski definition) is 0. The Kier molecular flexibility index (Phi) is 2.41. The van der Waals surface area contributed by atoms with Gasteiger partial charge in [0.25, 0.3) is 0 Å². The van der Waals surface area contributed by atoms with Crippen LogP contribution in [0.5, 0.6) is 0 Å². The van der Waals surface area contributed by atoms with Crippen LogP contribution >= 0.6 is 23.5 Å². The maximum Gasteiger partial charge on any atom is 0.422 e. The molecule has 0 radical (unpaired) electrons. The first-order valence-corrected chi connectivity index (χ1v) is 4.78. The Hall–Kier alpha value is -0.580. The van der Waals surface area contributed by atoms with Crippen molar-refractivity contribution in [3.63, 3.8) is 0 Å². The summed E-state index contributed by atoms with van der Waals surface area (Å²) in [6.45, 7) is 3.54. The summed E-state index contributed by atoms with van der Waals surface area (Å²) in [5.41, 5.74) is 7.95. The van der Waals surface area contributed by atoms with Crippen LogP contribution in [0.25, 0.3) is 5.53 Å². The molecular formula is C6H6N2O2S2. The topological polar surface area (TPSA) is 70.5 Å². The molecule has 0 amide bonds. The Bertz CT molecular complexity index is 283. The minimum absolute atomic E-state index is 0.371. The molecule has 1 aliphatic heterocycles. The van der Waals surface area contributed by atoms with Crippen LogP contribution in [0.1, 0.15) is 13.8 Å². The van der Waals surface area contributed by atoms with E-state index in [0.717, 1.165) is 23.5 Å². The number of nitrogens with zero attached hydrogens (tertiary/aromatic N) is 2. The summed E-state index contributed by atoms with van der Waals surface area (Å²) in [6.07, 6.45) is 0. The number of carbonyl (C=O) groups is 2. The summed E-state index contributed by atoms with van der Waals surface area (Å²) in [4.78, 5) is 24.8. The van der Waals surface area contributed by atoms with Gasteiger partial charge in [-0.25, -0.2) is 0 Å². The Morgan fingerprint density at radius 3 is 2.00 bits per heavy atom. The molecule has 1 aliphatic rings. The summed E-state index contributed by atoms with van der Waals surface area (Å²) in [6, 6.07) is 0. The van der Waals surface area contributed by atoms with Crippen molar-refractivity contribution < 1.29 is 14.4 Å². The fourth-order valence-electron chi connectivity index (χ4n) is 0.729. The van der Waals surface area contributed by atoms with Crippen LogP contribution in [0.2, 0.25) is 0 Å². The van der Waals surface area contributed by atoms with E-state index in [2.05, 4.69) is 4.79 Å². The second-order valence-corrected chi connectivity index (χ2v) is 6.08. The first-order chi connectivity index (χ1) is 5.46. The van der Waals surface area contributed by atoms with Gasteiger partial charge in [-0.1, -0.05) is 23.5 Å². The lowest BCUT2D eigenvalue weighted by Gasteiger charge is -2.22. The molecule has 0 saturated carbocycles. The molecule has 0 bridgehead atoms. The predicted octanol–water partition coefficient (Wildman–Crippen LogP) is 0.927. The van der Waals surface area contributed by atoms with E-state index in [0.29, 0.717) is 0 Å². The summed E-state index contributed by atoms with van der Waals surface area (Å²) in [5, 5.41) is -0.933. The minimum Gasteiger partial charge on any atom is -0.360 e. The van der Waals surface area contributed by atoms with Crippen molar-refractivity contribution in [2.45, 2.75) is 17.9 Å². The third-order valence-electron chi connectivity index (χ3n) is 1.16. The van der Waals surface area contributed by atoms with E-state index >= 15 is 0 Å². The van der Waals surface area contributed by atoms with Gasteiger partial charge < -0.3 is 5.53 Å². The van der Waals surface area contributed by atoms with E-state index in [1.54, 1.807) is 13.8 Å². The van der Waals surface area contributed by atoms with Crippen molar-refractivity contribution in [2.75, 3.05) is 0 Å². The largest absolute Gasteiger partial charge is 0.422 e. The number of thioether (sulfide) groups is 2. The van der Waals surface area contributed by atoms with Gasteiger partial charge in [-0.2, -0.15) is 4.79 Å². The zero-order valence-electron chi connectivity index (χ0n) is 6.53. The Morgan fingerprint density at radius 1 is 1.25 bits per heavy atom. The highest BCUT2D eigenvalue weighted by Gasteiger charge is 2.44. The second kappa shape index (κ2) is 3.05. The second-order valence-electron chi connectivity index (χ2n) is 2.63.